The summed E-state index contributed by atoms with van der Waals surface area (Å²) in [5, 5.41) is 2.69. The maximum Gasteiger partial charge on any atom is 0.231 e. The summed E-state index contributed by atoms with van der Waals surface area (Å²) >= 11 is 11.7. The number of hydrogen-bond donors (Lipinski definition) is 2. The summed E-state index contributed by atoms with van der Waals surface area (Å²) < 4.78 is 13.1. The fourth-order valence-corrected chi connectivity index (χ4v) is 1.78. The van der Waals surface area contributed by atoms with Crippen molar-refractivity contribution in [2.45, 2.75) is 33.2 Å². The van der Waals surface area contributed by atoms with Crippen LogP contribution in [0.2, 0.25) is 10.0 Å². The van der Waals surface area contributed by atoms with E-state index in [9.17, 15) is 9.18 Å². The zero-order chi connectivity index (χ0) is 15.0. The molecule has 1 amide bonds. The molecule has 106 valence electrons. The molecule has 0 unspecified atom stereocenters. The lowest BCUT2D eigenvalue weighted by Crippen LogP contribution is -2.53. The topological polar surface area (TPSA) is 55.1 Å². The van der Waals surface area contributed by atoms with Crippen LogP contribution in [0.5, 0.6) is 0 Å². The lowest BCUT2D eigenvalue weighted by molar-refractivity contribution is -0.126. The molecule has 1 aromatic carbocycles. The van der Waals surface area contributed by atoms with Crippen molar-refractivity contribution >= 4 is 34.8 Å². The molecule has 0 bridgehead atoms. The van der Waals surface area contributed by atoms with E-state index < -0.39 is 16.8 Å². The Balaban J connectivity index is 3.08. The first-order valence-corrected chi connectivity index (χ1v) is 6.47. The lowest BCUT2D eigenvalue weighted by Gasteiger charge is -2.37. The van der Waals surface area contributed by atoms with E-state index in [2.05, 4.69) is 5.32 Å². The second-order valence-electron chi connectivity index (χ2n) is 5.55. The zero-order valence-electron chi connectivity index (χ0n) is 11.3. The average molecular weight is 307 g/mol. The number of nitrogens with two attached hydrogens (primary N) is 1. The monoisotopic (exact) mass is 306 g/mol. The van der Waals surface area contributed by atoms with Gasteiger partial charge in [-0.15, -0.1) is 0 Å². The molecule has 0 saturated carbocycles. The van der Waals surface area contributed by atoms with Gasteiger partial charge in [0, 0.05) is 5.54 Å². The number of halogens is 3. The molecule has 1 aromatic rings. The van der Waals surface area contributed by atoms with E-state index >= 15 is 0 Å². The molecule has 6 heteroatoms. The number of nitrogens with one attached hydrogen (secondary N) is 1. The highest BCUT2D eigenvalue weighted by atomic mass is 35.5. The quantitative estimate of drug-likeness (QED) is 0.891. The Morgan fingerprint density at radius 2 is 1.63 bits per heavy atom. The molecule has 0 aliphatic carbocycles. The van der Waals surface area contributed by atoms with Crippen molar-refractivity contribution in [1.29, 1.82) is 0 Å². The number of rotatable bonds is 3. The molecular weight excluding hydrogens is 290 g/mol. The number of carbonyl (C=O) groups is 1. The highest BCUT2D eigenvalue weighted by Gasteiger charge is 2.40. The van der Waals surface area contributed by atoms with Crippen LogP contribution in [0, 0.1) is 11.2 Å². The van der Waals surface area contributed by atoms with E-state index in [1.165, 1.54) is 0 Å². The number of benzene rings is 1. The molecule has 0 aromatic heterocycles. The lowest BCUT2D eigenvalue weighted by atomic mass is 9.74. The van der Waals surface area contributed by atoms with Crippen LogP contribution in [-0.2, 0) is 4.79 Å². The number of carbonyl (C=O) groups excluding carboxylic acids is 1. The van der Waals surface area contributed by atoms with Crippen molar-refractivity contribution < 1.29 is 9.18 Å². The van der Waals surface area contributed by atoms with Gasteiger partial charge in [0.15, 0.2) is 0 Å². The van der Waals surface area contributed by atoms with Crippen LogP contribution in [0.4, 0.5) is 10.1 Å². The second kappa shape index (κ2) is 5.27. The molecule has 0 aliphatic rings. The average Bonchev–Trinajstić information content (AvgIpc) is 2.21. The fourth-order valence-electron chi connectivity index (χ4n) is 1.22. The van der Waals surface area contributed by atoms with Crippen LogP contribution in [-0.4, -0.2) is 11.4 Å². The molecule has 19 heavy (non-hydrogen) atoms. The van der Waals surface area contributed by atoms with Gasteiger partial charge in [-0.1, -0.05) is 23.2 Å². The number of anilines is 1. The van der Waals surface area contributed by atoms with Gasteiger partial charge in [0.25, 0.3) is 0 Å². The molecule has 0 heterocycles. The molecule has 0 aliphatic heterocycles. The second-order valence-corrected chi connectivity index (χ2v) is 6.36. The van der Waals surface area contributed by atoms with Gasteiger partial charge in [-0.05, 0) is 39.8 Å². The minimum atomic E-state index is -0.853. The van der Waals surface area contributed by atoms with Crippen molar-refractivity contribution in [3.8, 4) is 0 Å². The van der Waals surface area contributed by atoms with Crippen LogP contribution >= 0.6 is 23.2 Å². The van der Waals surface area contributed by atoms with Crippen LogP contribution < -0.4 is 11.1 Å². The van der Waals surface area contributed by atoms with E-state index in [0.717, 1.165) is 12.1 Å². The third-order valence-corrected chi connectivity index (χ3v) is 4.02. The summed E-state index contributed by atoms with van der Waals surface area (Å²) in [6.45, 7) is 6.93. The Labute approximate surface area is 122 Å². The van der Waals surface area contributed by atoms with E-state index in [1.807, 2.05) is 0 Å². The number of amides is 1. The van der Waals surface area contributed by atoms with Crippen molar-refractivity contribution in [2.75, 3.05) is 5.32 Å². The standard InChI is InChI=1S/C13H17Cl2FN2O/c1-12(2,13(3,4)17)11(19)18-10-8(14)5-7(16)6-9(10)15/h5-6H,17H2,1-4H3,(H,18,19). The molecular formula is C13H17Cl2FN2O. The van der Waals surface area contributed by atoms with E-state index in [4.69, 9.17) is 28.9 Å². The fraction of sp³-hybridized carbons (Fsp3) is 0.462. The molecule has 1 rings (SSSR count). The predicted molar refractivity (Wildman–Crippen MR) is 77.1 cm³/mol. The molecule has 0 fully saturated rings. The highest BCUT2D eigenvalue weighted by molar-refractivity contribution is 6.39. The minimum absolute atomic E-state index is 0.0453. The van der Waals surface area contributed by atoms with Gasteiger partial charge in [0.1, 0.15) is 5.82 Å². The van der Waals surface area contributed by atoms with Crippen LogP contribution in [0.15, 0.2) is 12.1 Å². The first-order chi connectivity index (χ1) is 8.46. The van der Waals surface area contributed by atoms with E-state index in [-0.39, 0.29) is 21.6 Å². The Bertz CT molecular complexity index is 487. The van der Waals surface area contributed by atoms with Crippen molar-refractivity contribution in [3.05, 3.63) is 28.0 Å². The normalized spacial score (nSPS) is 12.4. The van der Waals surface area contributed by atoms with Crippen LogP contribution in [0.3, 0.4) is 0 Å². The largest absolute Gasteiger partial charge is 0.325 e. The van der Waals surface area contributed by atoms with Gasteiger partial charge >= 0.3 is 0 Å². The Hall–Kier alpha value is -0.840. The Morgan fingerprint density at radius 1 is 1.21 bits per heavy atom. The zero-order valence-corrected chi connectivity index (χ0v) is 12.8. The Morgan fingerprint density at radius 3 is 2.00 bits per heavy atom. The van der Waals surface area contributed by atoms with Gasteiger partial charge < -0.3 is 11.1 Å². The summed E-state index contributed by atoms with van der Waals surface area (Å²) in [6.07, 6.45) is 0. The molecule has 0 spiro atoms. The Kier molecular flexibility index (Phi) is 4.50. The molecule has 0 radical (unpaired) electrons. The van der Waals surface area contributed by atoms with Gasteiger partial charge in [0.05, 0.1) is 21.1 Å². The van der Waals surface area contributed by atoms with Gasteiger partial charge in [0.2, 0.25) is 5.91 Å². The summed E-state index contributed by atoms with van der Waals surface area (Å²) in [4.78, 5) is 12.3. The summed E-state index contributed by atoms with van der Waals surface area (Å²) in [6, 6.07) is 2.17. The van der Waals surface area contributed by atoms with Crippen molar-refractivity contribution in [3.63, 3.8) is 0 Å². The first-order valence-electron chi connectivity index (χ1n) is 5.71. The highest BCUT2D eigenvalue weighted by Crippen LogP contribution is 2.35. The summed E-state index contributed by atoms with van der Waals surface area (Å²) in [5.41, 5.74) is 4.58. The maximum absolute atomic E-state index is 13.1. The van der Waals surface area contributed by atoms with Gasteiger partial charge in [-0.2, -0.15) is 0 Å². The molecule has 3 nitrogen and oxygen atoms in total. The van der Waals surface area contributed by atoms with E-state index in [1.54, 1.807) is 27.7 Å². The maximum atomic E-state index is 13.1. The van der Waals surface area contributed by atoms with Gasteiger partial charge in [-0.3, -0.25) is 4.79 Å². The third-order valence-electron chi connectivity index (χ3n) is 3.42. The first kappa shape index (κ1) is 16.2. The van der Waals surface area contributed by atoms with Crippen LogP contribution in [0.1, 0.15) is 27.7 Å². The third kappa shape index (κ3) is 3.38. The van der Waals surface area contributed by atoms with Crippen LogP contribution in [0.25, 0.3) is 0 Å². The number of hydrogen-bond acceptors (Lipinski definition) is 2. The molecule has 0 atom stereocenters. The summed E-state index contributed by atoms with van der Waals surface area (Å²) in [7, 11) is 0. The van der Waals surface area contributed by atoms with Crippen molar-refractivity contribution in [1.82, 2.24) is 0 Å². The van der Waals surface area contributed by atoms with Crippen molar-refractivity contribution in [2.24, 2.45) is 11.1 Å². The smallest absolute Gasteiger partial charge is 0.231 e. The molecule has 3 N–H and O–H groups in total. The minimum Gasteiger partial charge on any atom is -0.325 e. The van der Waals surface area contributed by atoms with E-state index in [0.29, 0.717) is 0 Å². The predicted octanol–water partition coefficient (Wildman–Crippen LogP) is 3.83. The summed E-state index contributed by atoms with van der Waals surface area (Å²) in [5.74, 6) is -0.901. The molecule has 0 saturated heterocycles. The SMILES string of the molecule is CC(C)(N)C(C)(C)C(=O)Nc1c(Cl)cc(F)cc1Cl. The van der Waals surface area contributed by atoms with Gasteiger partial charge in [-0.25, -0.2) is 4.39 Å².